The standard InChI is InChI=1S/C31H36Br6N6O14/c32-20-16(28(38)54)22(34)26(24(36)18(20)30(56)40-2-10(48)6-44)42(4-12(50)8-46)14(52)1-15(53)43(5-13(51)9-47)27-23(35)17(29(39)55)21(33)19(25(27)37)31(57)41-3-11(49)7-45/h10-13,44-51H,1-9H2,(H2,38,54)(H2,39,55)(H,40,56)(H,41,57). The zero-order valence-electron chi connectivity index (χ0n) is 29.0. The van der Waals surface area contributed by atoms with E-state index in [1.54, 1.807) is 0 Å². The Morgan fingerprint density at radius 2 is 0.772 bits per heavy atom. The number of nitrogens with zero attached hydrogens (tertiary/aromatic N) is 2. The maximum absolute atomic E-state index is 14.3. The van der Waals surface area contributed by atoms with Gasteiger partial charge in [-0.1, -0.05) is 0 Å². The quantitative estimate of drug-likeness (QED) is 0.0715. The molecule has 0 aliphatic carbocycles. The zero-order valence-corrected chi connectivity index (χ0v) is 38.5. The first kappa shape index (κ1) is 51.0. The number of halogens is 6. The summed E-state index contributed by atoms with van der Waals surface area (Å²) >= 11 is 19.2. The van der Waals surface area contributed by atoms with Crippen LogP contribution < -0.4 is 31.9 Å². The second kappa shape index (κ2) is 23.0. The second-order valence-corrected chi connectivity index (χ2v) is 16.5. The van der Waals surface area contributed by atoms with Crippen LogP contribution in [0.25, 0.3) is 0 Å². The van der Waals surface area contributed by atoms with Gasteiger partial charge in [-0.25, -0.2) is 0 Å². The Bertz CT molecular complexity index is 1760. The highest BCUT2D eigenvalue weighted by Gasteiger charge is 2.36. The molecule has 0 aliphatic rings. The Morgan fingerprint density at radius 1 is 0.491 bits per heavy atom. The third kappa shape index (κ3) is 12.4. The number of hydrogen-bond donors (Lipinski definition) is 12. The highest BCUT2D eigenvalue weighted by Crippen LogP contribution is 2.46. The van der Waals surface area contributed by atoms with Crippen LogP contribution in [-0.2, 0) is 9.59 Å². The van der Waals surface area contributed by atoms with Gasteiger partial charge in [-0.15, -0.1) is 0 Å². The minimum absolute atomic E-state index is 0.204. The van der Waals surface area contributed by atoms with Gasteiger partial charge in [0, 0.05) is 22.0 Å². The molecule has 14 N–H and O–H groups in total. The first-order valence-corrected chi connectivity index (χ1v) is 20.7. The molecule has 2 aromatic carbocycles. The summed E-state index contributed by atoms with van der Waals surface area (Å²) in [7, 11) is 0. The van der Waals surface area contributed by atoms with Crippen LogP contribution >= 0.6 is 95.6 Å². The number of hydrogen-bond acceptors (Lipinski definition) is 14. The molecule has 2 rings (SSSR count). The summed E-state index contributed by atoms with van der Waals surface area (Å²) in [6, 6.07) is 0. The average Bonchev–Trinajstić information content (AvgIpc) is 3.14. The molecule has 0 aromatic heterocycles. The van der Waals surface area contributed by atoms with Crippen molar-refractivity contribution in [1.82, 2.24) is 10.6 Å². The number of amides is 6. The number of carbonyl (C=O) groups excluding carboxylic acids is 6. The lowest BCUT2D eigenvalue weighted by Gasteiger charge is -2.31. The van der Waals surface area contributed by atoms with Gasteiger partial charge in [0.25, 0.3) is 23.6 Å². The zero-order chi connectivity index (χ0) is 43.6. The van der Waals surface area contributed by atoms with Gasteiger partial charge in [0.05, 0.1) is 115 Å². The Hall–Kier alpha value is -2.18. The summed E-state index contributed by atoms with van der Waals surface area (Å²) < 4.78 is -1.38. The summed E-state index contributed by atoms with van der Waals surface area (Å²) in [5.74, 6) is -6.57. The molecular weight excluding hydrogens is 1160 g/mol. The number of benzene rings is 2. The Morgan fingerprint density at radius 3 is 1.04 bits per heavy atom. The molecule has 0 radical (unpaired) electrons. The van der Waals surface area contributed by atoms with Crippen molar-refractivity contribution < 1.29 is 69.6 Å². The van der Waals surface area contributed by atoms with E-state index in [0.717, 1.165) is 9.80 Å². The molecule has 4 unspecified atom stereocenters. The van der Waals surface area contributed by atoms with Crippen molar-refractivity contribution in [3.05, 3.63) is 49.1 Å². The second-order valence-electron chi connectivity index (χ2n) is 11.8. The van der Waals surface area contributed by atoms with Gasteiger partial charge >= 0.3 is 0 Å². The molecule has 0 spiro atoms. The summed E-state index contributed by atoms with van der Waals surface area (Å²) in [6.45, 7) is -5.80. The average molecular weight is 1200 g/mol. The van der Waals surface area contributed by atoms with Gasteiger partial charge in [0.2, 0.25) is 11.8 Å². The van der Waals surface area contributed by atoms with Crippen molar-refractivity contribution in [3.63, 3.8) is 0 Å². The van der Waals surface area contributed by atoms with E-state index in [-0.39, 0.29) is 49.3 Å². The lowest BCUT2D eigenvalue weighted by molar-refractivity contribution is -0.127. The molecule has 0 aliphatic heterocycles. The maximum atomic E-state index is 14.3. The molecule has 0 fully saturated rings. The fourth-order valence-electron chi connectivity index (χ4n) is 4.83. The Balaban J connectivity index is 2.90. The lowest BCUT2D eigenvalue weighted by Crippen LogP contribution is -2.45. The molecule has 6 amide bonds. The SMILES string of the molecule is NC(=O)c1c(Br)c(C(=O)NCC(O)CO)c(Br)c(N(CC(O)CO)C(=O)CC(=O)N(CC(O)CO)c2c(Br)c(C(N)=O)c(Br)c(C(=O)NCC(O)CO)c2Br)c1Br. The van der Waals surface area contributed by atoms with Crippen molar-refractivity contribution in [1.29, 1.82) is 0 Å². The minimum Gasteiger partial charge on any atom is -0.394 e. The number of nitrogens with one attached hydrogen (secondary N) is 2. The van der Waals surface area contributed by atoms with Gasteiger partial charge in [0.1, 0.15) is 6.42 Å². The van der Waals surface area contributed by atoms with E-state index in [2.05, 4.69) is 106 Å². The Labute approximate surface area is 373 Å². The van der Waals surface area contributed by atoms with Crippen LogP contribution in [0.4, 0.5) is 11.4 Å². The van der Waals surface area contributed by atoms with Crippen molar-refractivity contribution in [2.24, 2.45) is 11.5 Å². The van der Waals surface area contributed by atoms with Crippen LogP contribution in [0.1, 0.15) is 47.9 Å². The number of rotatable bonds is 20. The molecule has 0 saturated heterocycles. The van der Waals surface area contributed by atoms with Crippen LogP contribution in [0.3, 0.4) is 0 Å². The predicted molar refractivity (Wildman–Crippen MR) is 222 cm³/mol. The molecule has 0 bridgehead atoms. The number of primary amides is 2. The first-order valence-electron chi connectivity index (χ1n) is 15.9. The van der Waals surface area contributed by atoms with Crippen LogP contribution in [0.15, 0.2) is 26.8 Å². The monoisotopic (exact) mass is 1190 g/mol. The van der Waals surface area contributed by atoms with Crippen molar-refractivity contribution in [3.8, 4) is 0 Å². The van der Waals surface area contributed by atoms with E-state index in [1.165, 1.54) is 0 Å². The minimum atomic E-state index is -1.70. The van der Waals surface area contributed by atoms with E-state index >= 15 is 0 Å². The number of aliphatic hydroxyl groups excluding tert-OH is 8. The van der Waals surface area contributed by atoms with Gasteiger partial charge < -0.3 is 72.8 Å². The maximum Gasteiger partial charge on any atom is 0.253 e. The van der Waals surface area contributed by atoms with Crippen LogP contribution in [0.2, 0.25) is 0 Å². The molecule has 316 valence electrons. The van der Waals surface area contributed by atoms with Gasteiger partial charge in [-0.2, -0.15) is 0 Å². The van der Waals surface area contributed by atoms with Gasteiger partial charge in [0.15, 0.2) is 0 Å². The molecule has 20 nitrogen and oxygen atoms in total. The first-order chi connectivity index (χ1) is 26.6. The summed E-state index contributed by atoms with van der Waals surface area (Å²) in [6.07, 6.45) is -7.37. The highest BCUT2D eigenvalue weighted by molar-refractivity contribution is 9.12. The molecule has 26 heteroatoms. The molecule has 0 heterocycles. The summed E-state index contributed by atoms with van der Waals surface area (Å²) in [5, 5.41) is 83.2. The fourth-order valence-corrected chi connectivity index (χ4v) is 11.2. The largest absolute Gasteiger partial charge is 0.394 e. The molecule has 57 heavy (non-hydrogen) atoms. The number of nitrogens with two attached hydrogens (primary N) is 2. The normalized spacial score (nSPS) is 13.3. The van der Waals surface area contributed by atoms with E-state index in [0.29, 0.717) is 0 Å². The third-order valence-corrected chi connectivity index (χ3v) is 12.3. The summed E-state index contributed by atoms with van der Waals surface area (Å²) in [5.41, 5.74) is 8.97. The summed E-state index contributed by atoms with van der Waals surface area (Å²) in [4.78, 5) is 82.1. The predicted octanol–water partition coefficient (Wildman–Crippen LogP) is -0.912. The van der Waals surface area contributed by atoms with Gasteiger partial charge in [-0.05, 0) is 95.6 Å². The molecule has 0 saturated carbocycles. The smallest absolute Gasteiger partial charge is 0.253 e. The van der Waals surface area contributed by atoms with Crippen LogP contribution in [0, 0.1) is 0 Å². The lowest BCUT2D eigenvalue weighted by atomic mass is 10.0. The molecule has 2 aromatic rings. The van der Waals surface area contributed by atoms with Crippen molar-refractivity contribution in [2.45, 2.75) is 30.8 Å². The van der Waals surface area contributed by atoms with E-state index in [4.69, 9.17) is 11.5 Å². The van der Waals surface area contributed by atoms with Crippen LogP contribution in [0.5, 0.6) is 0 Å². The van der Waals surface area contributed by atoms with Crippen molar-refractivity contribution in [2.75, 3.05) is 62.4 Å². The van der Waals surface area contributed by atoms with E-state index in [9.17, 15) is 69.6 Å². The number of anilines is 2. The van der Waals surface area contributed by atoms with E-state index in [1.807, 2.05) is 0 Å². The Kier molecular flexibility index (Phi) is 20.6. The third-order valence-electron chi connectivity index (χ3n) is 7.60. The molecule has 4 atom stereocenters. The number of aliphatic hydroxyl groups is 8. The van der Waals surface area contributed by atoms with Gasteiger partial charge in [-0.3, -0.25) is 28.8 Å². The highest BCUT2D eigenvalue weighted by atomic mass is 79.9. The topological polar surface area (TPSA) is 347 Å². The van der Waals surface area contributed by atoms with Crippen molar-refractivity contribution >= 4 is 142 Å². The number of carbonyl (C=O) groups is 6. The fraction of sp³-hybridized carbons (Fsp3) is 0.419. The van der Waals surface area contributed by atoms with Crippen LogP contribution in [-0.4, -0.2) is 153 Å². The molecular formula is C31H36Br6N6O14. The van der Waals surface area contributed by atoms with E-state index < -0.39 is 130 Å².